The third-order valence-electron chi connectivity index (χ3n) is 5.20. The molecule has 0 bridgehead atoms. The van der Waals surface area contributed by atoms with Gasteiger partial charge in [-0.05, 0) is 18.9 Å². The zero-order chi connectivity index (χ0) is 20.1. The zero-order valence-corrected chi connectivity index (χ0v) is 15.6. The summed E-state index contributed by atoms with van der Waals surface area (Å²) < 4.78 is 0. The summed E-state index contributed by atoms with van der Waals surface area (Å²) in [5, 5.41) is 17.1. The maximum atomic E-state index is 12.7. The number of imide groups is 1. The molecule has 0 aromatic heterocycles. The van der Waals surface area contributed by atoms with Crippen molar-refractivity contribution in [3.8, 4) is 0 Å². The summed E-state index contributed by atoms with van der Waals surface area (Å²) in [5.41, 5.74) is 0.473. The van der Waals surface area contributed by atoms with Crippen molar-refractivity contribution < 1.29 is 19.3 Å². The fraction of sp³-hybridized carbons (Fsp3) is 0.526. The molecule has 1 aliphatic carbocycles. The topological polar surface area (TPSA) is 122 Å². The van der Waals surface area contributed by atoms with Crippen LogP contribution in [0.3, 0.4) is 0 Å². The predicted molar refractivity (Wildman–Crippen MR) is 102 cm³/mol. The highest BCUT2D eigenvalue weighted by Crippen LogP contribution is 2.24. The van der Waals surface area contributed by atoms with Gasteiger partial charge in [0.2, 0.25) is 11.8 Å². The standard InChI is InChI=1S/C19H24N4O5/c24-17-8-9-18(25)22(17)11-10-20-16-7-6-14(23(27)28)12-15(16)19(26)21-13-4-2-1-3-5-13/h6-7,12-13,20H,1-5,8-11H2,(H,21,26). The van der Waals surface area contributed by atoms with Crippen LogP contribution in [0.4, 0.5) is 11.4 Å². The van der Waals surface area contributed by atoms with Gasteiger partial charge in [0.1, 0.15) is 0 Å². The van der Waals surface area contributed by atoms with Crippen LogP contribution in [0.5, 0.6) is 0 Å². The highest BCUT2D eigenvalue weighted by atomic mass is 16.6. The molecule has 2 fully saturated rings. The summed E-state index contributed by atoms with van der Waals surface area (Å²) in [4.78, 5) is 47.9. The van der Waals surface area contributed by atoms with Crippen LogP contribution in [0.1, 0.15) is 55.3 Å². The lowest BCUT2D eigenvalue weighted by atomic mass is 9.95. The summed E-state index contributed by atoms with van der Waals surface area (Å²) in [6.07, 6.45) is 5.54. The van der Waals surface area contributed by atoms with Crippen molar-refractivity contribution in [3.05, 3.63) is 33.9 Å². The molecule has 3 rings (SSSR count). The lowest BCUT2D eigenvalue weighted by Crippen LogP contribution is -2.37. The van der Waals surface area contributed by atoms with Crippen LogP contribution in [0.25, 0.3) is 0 Å². The highest BCUT2D eigenvalue weighted by molar-refractivity contribution is 6.02. The average Bonchev–Trinajstić information content (AvgIpc) is 3.00. The quantitative estimate of drug-likeness (QED) is 0.420. The monoisotopic (exact) mass is 388 g/mol. The highest BCUT2D eigenvalue weighted by Gasteiger charge is 2.28. The molecule has 0 spiro atoms. The average molecular weight is 388 g/mol. The van der Waals surface area contributed by atoms with Crippen molar-refractivity contribution in [2.24, 2.45) is 0 Å². The van der Waals surface area contributed by atoms with Crippen LogP contribution in [0.2, 0.25) is 0 Å². The number of nitro groups is 1. The van der Waals surface area contributed by atoms with E-state index < -0.39 is 4.92 Å². The Balaban J connectivity index is 1.70. The Labute approximate surface area is 162 Å². The largest absolute Gasteiger partial charge is 0.383 e. The first-order valence-corrected chi connectivity index (χ1v) is 9.62. The molecule has 0 radical (unpaired) electrons. The number of anilines is 1. The SMILES string of the molecule is O=C(NC1CCCCC1)c1cc([N+](=O)[O-])ccc1NCCN1C(=O)CCC1=O. The smallest absolute Gasteiger partial charge is 0.270 e. The van der Waals surface area contributed by atoms with Crippen molar-refractivity contribution in [1.29, 1.82) is 0 Å². The molecule has 1 aliphatic heterocycles. The molecule has 1 aromatic rings. The van der Waals surface area contributed by atoms with Crippen molar-refractivity contribution in [1.82, 2.24) is 10.2 Å². The van der Waals surface area contributed by atoms with E-state index in [4.69, 9.17) is 0 Å². The van der Waals surface area contributed by atoms with Gasteiger partial charge in [-0.3, -0.25) is 29.4 Å². The van der Waals surface area contributed by atoms with Gasteiger partial charge in [0, 0.05) is 49.8 Å². The zero-order valence-electron chi connectivity index (χ0n) is 15.6. The van der Waals surface area contributed by atoms with Gasteiger partial charge < -0.3 is 10.6 Å². The third kappa shape index (κ3) is 4.65. The van der Waals surface area contributed by atoms with Gasteiger partial charge in [-0.15, -0.1) is 0 Å². The third-order valence-corrected chi connectivity index (χ3v) is 5.20. The number of nitro benzene ring substituents is 1. The molecule has 1 saturated heterocycles. The van der Waals surface area contributed by atoms with Gasteiger partial charge in [-0.2, -0.15) is 0 Å². The normalized spacial score (nSPS) is 17.6. The van der Waals surface area contributed by atoms with E-state index in [1.807, 2.05) is 0 Å². The molecular weight excluding hydrogens is 364 g/mol. The molecule has 1 saturated carbocycles. The Morgan fingerprint density at radius 2 is 1.82 bits per heavy atom. The Hall–Kier alpha value is -2.97. The lowest BCUT2D eigenvalue weighted by molar-refractivity contribution is -0.384. The van der Waals surface area contributed by atoms with Gasteiger partial charge in [0.15, 0.2) is 0 Å². The number of carbonyl (C=O) groups excluding carboxylic acids is 3. The summed E-state index contributed by atoms with van der Waals surface area (Å²) in [6.45, 7) is 0.456. The number of nitrogens with zero attached hydrogens (tertiary/aromatic N) is 2. The molecule has 0 unspecified atom stereocenters. The number of nitrogens with one attached hydrogen (secondary N) is 2. The minimum atomic E-state index is -0.539. The molecule has 150 valence electrons. The van der Waals surface area contributed by atoms with E-state index >= 15 is 0 Å². The van der Waals surface area contributed by atoms with Gasteiger partial charge in [0.05, 0.1) is 10.5 Å². The van der Waals surface area contributed by atoms with E-state index in [2.05, 4.69) is 10.6 Å². The molecule has 3 amide bonds. The molecule has 2 aliphatic rings. The Bertz CT molecular complexity index is 773. The molecule has 1 aromatic carbocycles. The maximum Gasteiger partial charge on any atom is 0.270 e. The first-order valence-electron chi connectivity index (χ1n) is 9.62. The van der Waals surface area contributed by atoms with Gasteiger partial charge in [0.25, 0.3) is 11.6 Å². The second kappa shape index (κ2) is 8.81. The summed E-state index contributed by atoms with van der Waals surface area (Å²) >= 11 is 0. The number of non-ortho nitro benzene ring substituents is 1. The lowest BCUT2D eigenvalue weighted by Gasteiger charge is -2.23. The molecule has 9 nitrogen and oxygen atoms in total. The second-order valence-electron chi connectivity index (χ2n) is 7.16. The number of rotatable bonds is 7. The number of likely N-dealkylation sites (tertiary alicyclic amines) is 1. The van der Waals surface area contributed by atoms with Crippen LogP contribution in [0.15, 0.2) is 18.2 Å². The number of carbonyl (C=O) groups is 3. The van der Waals surface area contributed by atoms with E-state index in [0.717, 1.165) is 32.1 Å². The number of benzene rings is 1. The van der Waals surface area contributed by atoms with E-state index in [1.54, 1.807) is 0 Å². The van der Waals surface area contributed by atoms with E-state index in [0.29, 0.717) is 5.69 Å². The predicted octanol–water partition coefficient (Wildman–Crippen LogP) is 2.22. The Kier molecular flexibility index (Phi) is 6.23. The molecular formula is C19H24N4O5. The van der Waals surface area contributed by atoms with Gasteiger partial charge in [-0.25, -0.2) is 0 Å². The van der Waals surface area contributed by atoms with E-state index in [-0.39, 0.29) is 60.9 Å². The number of amides is 3. The molecule has 2 N–H and O–H groups in total. The second-order valence-corrected chi connectivity index (χ2v) is 7.16. The van der Waals surface area contributed by atoms with Crippen LogP contribution >= 0.6 is 0 Å². The minimum Gasteiger partial charge on any atom is -0.383 e. The molecule has 28 heavy (non-hydrogen) atoms. The van der Waals surface area contributed by atoms with Crippen molar-refractivity contribution >= 4 is 29.1 Å². The summed E-state index contributed by atoms with van der Waals surface area (Å²) in [5.74, 6) is -0.761. The van der Waals surface area contributed by atoms with Gasteiger partial charge >= 0.3 is 0 Å². The van der Waals surface area contributed by atoms with Crippen molar-refractivity contribution in [2.45, 2.75) is 51.0 Å². The maximum absolute atomic E-state index is 12.7. The molecule has 9 heteroatoms. The van der Waals surface area contributed by atoms with Crippen LogP contribution in [0, 0.1) is 10.1 Å². The van der Waals surface area contributed by atoms with Crippen molar-refractivity contribution in [2.75, 3.05) is 18.4 Å². The number of hydrogen-bond donors (Lipinski definition) is 2. The fourth-order valence-corrected chi connectivity index (χ4v) is 3.67. The molecule has 1 heterocycles. The first kappa shape index (κ1) is 19.8. The first-order chi connectivity index (χ1) is 13.5. The van der Waals surface area contributed by atoms with Crippen LogP contribution < -0.4 is 10.6 Å². The van der Waals surface area contributed by atoms with Crippen LogP contribution in [-0.2, 0) is 9.59 Å². The Morgan fingerprint density at radius 1 is 1.14 bits per heavy atom. The van der Waals surface area contributed by atoms with E-state index in [9.17, 15) is 24.5 Å². The summed E-state index contributed by atoms with van der Waals surface area (Å²) in [6, 6.07) is 4.15. The van der Waals surface area contributed by atoms with E-state index in [1.165, 1.54) is 23.1 Å². The minimum absolute atomic E-state index is 0.0770. The van der Waals surface area contributed by atoms with Crippen LogP contribution in [-0.4, -0.2) is 46.7 Å². The fourth-order valence-electron chi connectivity index (χ4n) is 3.67. The summed E-state index contributed by atoms with van der Waals surface area (Å²) in [7, 11) is 0. The number of hydrogen-bond acceptors (Lipinski definition) is 6. The molecule has 0 atom stereocenters. The van der Waals surface area contributed by atoms with Gasteiger partial charge in [-0.1, -0.05) is 19.3 Å². The Morgan fingerprint density at radius 3 is 2.46 bits per heavy atom. The van der Waals surface area contributed by atoms with Crippen molar-refractivity contribution in [3.63, 3.8) is 0 Å².